The quantitative estimate of drug-likeness (QED) is 0.770. The number of amides is 1. The SMILES string of the molecule is O=C(NC[C@@H]1CCCN(c2ncccn2)C1)c1ccc2cccc(F)c2n1. The molecular formula is C20H20FN5O. The van der Waals surface area contributed by atoms with Gasteiger partial charge in [-0.25, -0.2) is 19.3 Å². The molecule has 1 amide bonds. The van der Waals surface area contributed by atoms with Gasteiger partial charge in [-0.15, -0.1) is 0 Å². The van der Waals surface area contributed by atoms with E-state index in [0.29, 0.717) is 17.8 Å². The lowest BCUT2D eigenvalue weighted by Gasteiger charge is -2.32. The highest BCUT2D eigenvalue weighted by Crippen LogP contribution is 2.20. The van der Waals surface area contributed by atoms with E-state index in [9.17, 15) is 9.18 Å². The molecule has 3 heterocycles. The van der Waals surface area contributed by atoms with Crippen molar-refractivity contribution in [2.45, 2.75) is 12.8 Å². The Morgan fingerprint density at radius 2 is 2.04 bits per heavy atom. The third-order valence-electron chi connectivity index (χ3n) is 4.81. The topological polar surface area (TPSA) is 71.0 Å². The first-order valence-electron chi connectivity index (χ1n) is 9.06. The molecule has 2 aromatic heterocycles. The van der Waals surface area contributed by atoms with Crippen LogP contribution in [0, 0.1) is 11.7 Å². The third-order valence-corrected chi connectivity index (χ3v) is 4.81. The Bertz CT molecular complexity index is 950. The molecule has 6 nitrogen and oxygen atoms in total. The maximum absolute atomic E-state index is 13.9. The molecule has 0 aliphatic carbocycles. The number of halogens is 1. The van der Waals surface area contributed by atoms with Crippen molar-refractivity contribution in [2.75, 3.05) is 24.5 Å². The van der Waals surface area contributed by atoms with Gasteiger partial charge in [0.05, 0.1) is 0 Å². The van der Waals surface area contributed by atoms with Gasteiger partial charge in [0.1, 0.15) is 17.0 Å². The summed E-state index contributed by atoms with van der Waals surface area (Å²) in [6.07, 6.45) is 5.53. The van der Waals surface area contributed by atoms with E-state index >= 15 is 0 Å². The maximum Gasteiger partial charge on any atom is 0.269 e. The fourth-order valence-electron chi connectivity index (χ4n) is 3.43. The summed E-state index contributed by atoms with van der Waals surface area (Å²) in [6.45, 7) is 2.25. The summed E-state index contributed by atoms with van der Waals surface area (Å²) >= 11 is 0. The Labute approximate surface area is 156 Å². The Kier molecular flexibility index (Phi) is 4.91. The molecule has 0 radical (unpaired) electrons. The standard InChI is InChI=1S/C20H20FN5O/c21-16-6-1-5-15-7-8-17(25-18(15)16)19(27)24-12-14-4-2-11-26(13-14)20-22-9-3-10-23-20/h1,3,5-10,14H,2,4,11-13H2,(H,24,27)/t14-/m0/s1. The van der Waals surface area contributed by atoms with Gasteiger partial charge in [-0.1, -0.05) is 18.2 Å². The number of piperidine rings is 1. The van der Waals surface area contributed by atoms with Gasteiger partial charge in [0.2, 0.25) is 5.95 Å². The minimum Gasteiger partial charge on any atom is -0.350 e. The van der Waals surface area contributed by atoms with Crippen LogP contribution >= 0.6 is 0 Å². The van der Waals surface area contributed by atoms with Crippen molar-refractivity contribution < 1.29 is 9.18 Å². The number of pyridine rings is 1. The molecule has 3 aromatic rings. The second kappa shape index (κ2) is 7.65. The molecule has 0 bridgehead atoms. The van der Waals surface area contributed by atoms with Gasteiger partial charge in [0.15, 0.2) is 0 Å². The second-order valence-corrected chi connectivity index (χ2v) is 6.72. The van der Waals surface area contributed by atoms with E-state index in [1.165, 1.54) is 6.07 Å². The molecule has 0 saturated carbocycles. The van der Waals surface area contributed by atoms with Crippen molar-refractivity contribution in [3.05, 3.63) is 60.3 Å². The number of benzene rings is 1. The molecule has 0 spiro atoms. The molecule has 1 aliphatic heterocycles. The number of fused-ring (bicyclic) bond motifs is 1. The predicted molar refractivity (Wildman–Crippen MR) is 101 cm³/mol. The highest BCUT2D eigenvalue weighted by atomic mass is 19.1. The van der Waals surface area contributed by atoms with Crippen LogP contribution in [0.15, 0.2) is 48.8 Å². The van der Waals surface area contributed by atoms with Crippen LogP contribution in [0.2, 0.25) is 0 Å². The molecule has 138 valence electrons. The summed E-state index contributed by atoms with van der Waals surface area (Å²) in [5, 5.41) is 3.61. The minimum atomic E-state index is -0.423. The van der Waals surface area contributed by atoms with E-state index in [0.717, 1.165) is 31.9 Å². The molecule has 1 saturated heterocycles. The van der Waals surface area contributed by atoms with E-state index in [4.69, 9.17) is 0 Å². The molecule has 27 heavy (non-hydrogen) atoms. The van der Waals surface area contributed by atoms with Crippen molar-refractivity contribution in [3.8, 4) is 0 Å². The fraction of sp³-hybridized carbons (Fsp3) is 0.300. The number of anilines is 1. The highest BCUT2D eigenvalue weighted by Gasteiger charge is 2.22. The predicted octanol–water partition coefficient (Wildman–Crippen LogP) is 2.81. The van der Waals surface area contributed by atoms with E-state index in [1.54, 1.807) is 42.7 Å². The minimum absolute atomic E-state index is 0.218. The van der Waals surface area contributed by atoms with Gasteiger partial charge in [0.25, 0.3) is 5.91 Å². The van der Waals surface area contributed by atoms with Crippen LogP contribution in [0.5, 0.6) is 0 Å². The summed E-state index contributed by atoms with van der Waals surface area (Å²) in [4.78, 5) is 27.4. The highest BCUT2D eigenvalue weighted by molar-refractivity contribution is 5.94. The zero-order valence-electron chi connectivity index (χ0n) is 14.8. The average Bonchev–Trinajstić information content (AvgIpc) is 2.73. The lowest BCUT2D eigenvalue weighted by Crippen LogP contribution is -2.41. The largest absolute Gasteiger partial charge is 0.350 e. The monoisotopic (exact) mass is 365 g/mol. The molecule has 7 heteroatoms. The van der Waals surface area contributed by atoms with Gasteiger partial charge in [-0.05, 0) is 37.0 Å². The maximum atomic E-state index is 13.9. The zero-order chi connectivity index (χ0) is 18.6. The van der Waals surface area contributed by atoms with Gasteiger partial charge in [0, 0.05) is 37.4 Å². The number of rotatable bonds is 4. The first-order valence-corrected chi connectivity index (χ1v) is 9.06. The molecule has 1 N–H and O–H groups in total. The summed E-state index contributed by atoms with van der Waals surface area (Å²) < 4.78 is 13.9. The Hall–Kier alpha value is -3.09. The van der Waals surface area contributed by atoms with Crippen LogP contribution in [0.3, 0.4) is 0 Å². The number of aromatic nitrogens is 3. The van der Waals surface area contributed by atoms with Gasteiger partial charge in [-0.3, -0.25) is 4.79 Å². The lowest BCUT2D eigenvalue weighted by molar-refractivity contribution is 0.0941. The number of carbonyl (C=O) groups excluding carboxylic acids is 1. The third kappa shape index (κ3) is 3.86. The van der Waals surface area contributed by atoms with Crippen LogP contribution in [-0.2, 0) is 0 Å². The molecule has 1 fully saturated rings. The molecule has 1 atom stereocenters. The average molecular weight is 365 g/mol. The van der Waals surface area contributed by atoms with Crippen molar-refractivity contribution in [3.63, 3.8) is 0 Å². The number of hydrogen-bond donors (Lipinski definition) is 1. The summed E-state index contributed by atoms with van der Waals surface area (Å²) in [5.41, 5.74) is 0.446. The summed E-state index contributed by atoms with van der Waals surface area (Å²) in [7, 11) is 0. The Morgan fingerprint density at radius 1 is 1.19 bits per heavy atom. The van der Waals surface area contributed by atoms with Crippen molar-refractivity contribution in [2.24, 2.45) is 5.92 Å². The van der Waals surface area contributed by atoms with Gasteiger partial charge >= 0.3 is 0 Å². The zero-order valence-corrected chi connectivity index (χ0v) is 14.8. The fourth-order valence-corrected chi connectivity index (χ4v) is 3.43. The van der Waals surface area contributed by atoms with Crippen LogP contribution in [0.25, 0.3) is 10.9 Å². The normalized spacial score (nSPS) is 17.1. The van der Waals surface area contributed by atoms with Gasteiger partial charge in [-0.2, -0.15) is 0 Å². The van der Waals surface area contributed by atoms with E-state index in [-0.39, 0.29) is 17.1 Å². The second-order valence-electron chi connectivity index (χ2n) is 6.72. The van der Waals surface area contributed by atoms with E-state index < -0.39 is 5.82 Å². The van der Waals surface area contributed by atoms with Crippen molar-refractivity contribution >= 4 is 22.8 Å². The first kappa shape index (κ1) is 17.3. The number of para-hydroxylation sites is 1. The summed E-state index contributed by atoms with van der Waals surface area (Å²) in [5.74, 6) is 0.324. The molecule has 1 aliphatic rings. The summed E-state index contributed by atoms with van der Waals surface area (Å²) in [6, 6.07) is 9.89. The molecule has 1 aromatic carbocycles. The van der Waals surface area contributed by atoms with Crippen LogP contribution in [0.4, 0.5) is 10.3 Å². The molecule has 0 unspecified atom stereocenters. The lowest BCUT2D eigenvalue weighted by atomic mass is 9.98. The van der Waals surface area contributed by atoms with E-state index in [2.05, 4.69) is 25.2 Å². The Balaban J connectivity index is 1.39. The van der Waals surface area contributed by atoms with E-state index in [1.807, 2.05) is 0 Å². The van der Waals surface area contributed by atoms with Crippen molar-refractivity contribution in [1.29, 1.82) is 0 Å². The molecule has 4 rings (SSSR count). The van der Waals surface area contributed by atoms with Crippen LogP contribution in [-0.4, -0.2) is 40.5 Å². The number of nitrogens with zero attached hydrogens (tertiary/aromatic N) is 4. The number of nitrogens with one attached hydrogen (secondary N) is 1. The smallest absolute Gasteiger partial charge is 0.269 e. The Morgan fingerprint density at radius 3 is 2.89 bits per heavy atom. The van der Waals surface area contributed by atoms with Crippen molar-refractivity contribution in [1.82, 2.24) is 20.3 Å². The van der Waals surface area contributed by atoms with Gasteiger partial charge < -0.3 is 10.2 Å². The van der Waals surface area contributed by atoms with Crippen LogP contribution in [0.1, 0.15) is 23.3 Å². The number of hydrogen-bond acceptors (Lipinski definition) is 5. The first-order chi connectivity index (χ1) is 13.2. The van der Waals surface area contributed by atoms with Crippen LogP contribution < -0.4 is 10.2 Å². The number of carbonyl (C=O) groups is 1. The molecular weight excluding hydrogens is 345 g/mol.